The third-order valence-corrected chi connectivity index (χ3v) is 5.21. The van der Waals surface area contributed by atoms with E-state index in [2.05, 4.69) is 15.3 Å². The number of carbonyl (C=O) groups excluding carboxylic acids is 2. The van der Waals surface area contributed by atoms with Crippen LogP contribution in [0.4, 0.5) is 20.2 Å². The highest BCUT2D eigenvalue weighted by Crippen LogP contribution is 2.32. The van der Waals surface area contributed by atoms with E-state index in [1.807, 2.05) is 6.92 Å². The molecule has 182 valence electrons. The second kappa shape index (κ2) is 11.2. The number of hydrogen-bond acceptors (Lipinski definition) is 5. The molecule has 1 N–H and O–H groups in total. The largest absolute Gasteiger partial charge is 0.494 e. The third kappa shape index (κ3) is 5.69. The molecule has 0 unspecified atom stereocenters. The van der Waals surface area contributed by atoms with E-state index in [-0.39, 0.29) is 11.4 Å². The van der Waals surface area contributed by atoms with Crippen molar-refractivity contribution in [3.8, 4) is 5.75 Å². The van der Waals surface area contributed by atoms with Crippen LogP contribution in [0, 0.1) is 11.6 Å². The minimum atomic E-state index is -1.25. The van der Waals surface area contributed by atoms with Gasteiger partial charge in [-0.1, -0.05) is 18.2 Å². The fourth-order valence-corrected chi connectivity index (χ4v) is 3.62. The smallest absolute Gasteiger partial charge is 0.279 e. The van der Waals surface area contributed by atoms with Gasteiger partial charge in [0.1, 0.15) is 29.1 Å². The molecule has 3 aromatic carbocycles. The summed E-state index contributed by atoms with van der Waals surface area (Å²) < 4.78 is 33.2. The van der Waals surface area contributed by atoms with Gasteiger partial charge in [0, 0.05) is 23.8 Å². The first-order valence-corrected chi connectivity index (χ1v) is 11.1. The molecule has 0 saturated heterocycles. The predicted octanol–water partition coefficient (Wildman–Crippen LogP) is 5.18. The number of aromatic nitrogens is 2. The topological polar surface area (TPSA) is 84.4 Å². The van der Waals surface area contributed by atoms with Crippen molar-refractivity contribution in [3.63, 3.8) is 0 Å². The molecule has 0 aliphatic rings. The van der Waals surface area contributed by atoms with Crippen molar-refractivity contribution in [2.75, 3.05) is 16.8 Å². The maximum atomic E-state index is 14.3. The highest BCUT2D eigenvalue weighted by molar-refractivity contribution is 6.11. The van der Waals surface area contributed by atoms with E-state index in [9.17, 15) is 18.4 Å². The highest BCUT2D eigenvalue weighted by atomic mass is 19.1. The summed E-state index contributed by atoms with van der Waals surface area (Å²) in [6, 6.07) is 16.0. The van der Waals surface area contributed by atoms with Crippen LogP contribution in [0.25, 0.3) is 0 Å². The maximum absolute atomic E-state index is 14.3. The lowest BCUT2D eigenvalue weighted by molar-refractivity contribution is -0.117. The minimum absolute atomic E-state index is 0.0349. The number of hydrogen-bond donors (Lipinski definition) is 1. The Morgan fingerprint density at radius 2 is 1.72 bits per heavy atom. The van der Waals surface area contributed by atoms with Crippen molar-refractivity contribution < 1.29 is 23.1 Å². The molecule has 0 aliphatic carbocycles. The van der Waals surface area contributed by atoms with E-state index in [1.54, 1.807) is 24.3 Å². The van der Waals surface area contributed by atoms with Crippen molar-refractivity contribution in [3.05, 3.63) is 114 Å². The average Bonchev–Trinajstić information content (AvgIpc) is 2.89. The van der Waals surface area contributed by atoms with Gasteiger partial charge < -0.3 is 10.1 Å². The number of anilines is 2. The molecule has 4 rings (SSSR count). The summed E-state index contributed by atoms with van der Waals surface area (Å²) in [7, 11) is 0. The summed E-state index contributed by atoms with van der Waals surface area (Å²) in [5.41, 5.74) is 0.856. The van der Waals surface area contributed by atoms with Crippen molar-refractivity contribution in [2.24, 2.45) is 0 Å². The minimum Gasteiger partial charge on any atom is -0.494 e. The van der Waals surface area contributed by atoms with Gasteiger partial charge in [-0.25, -0.2) is 13.8 Å². The molecular weight excluding hydrogens is 466 g/mol. The number of amides is 2. The monoisotopic (exact) mass is 488 g/mol. The summed E-state index contributed by atoms with van der Waals surface area (Å²) >= 11 is 0. The first-order chi connectivity index (χ1) is 17.5. The fraction of sp³-hybridized carbons (Fsp3) is 0.111. The van der Waals surface area contributed by atoms with Crippen molar-refractivity contribution in [1.29, 1.82) is 0 Å². The van der Waals surface area contributed by atoms with Crippen molar-refractivity contribution >= 4 is 23.2 Å². The van der Waals surface area contributed by atoms with Gasteiger partial charge in [-0.05, 0) is 67.1 Å². The van der Waals surface area contributed by atoms with Crippen LogP contribution >= 0.6 is 0 Å². The van der Waals surface area contributed by atoms with Crippen molar-refractivity contribution in [1.82, 2.24) is 9.97 Å². The van der Waals surface area contributed by atoms with Crippen LogP contribution in [0.1, 0.15) is 29.0 Å². The standard InChI is InChI=1S/C27H22F2N4O3/c1-2-36-23-12-6-18(7-13-23)25(26(34)32-21-10-8-19(28)9-11-21)33(22-5-3-4-20(29)16-22)27(35)24-17-30-14-15-31-24/h3-17,25H,2H2,1H3,(H,32,34)/t25-/m0/s1. The second-order valence-corrected chi connectivity index (χ2v) is 7.65. The SMILES string of the molecule is CCOc1ccc([C@@H](C(=O)Nc2ccc(F)cc2)N(C(=O)c2cnccn2)c2cccc(F)c2)cc1. The zero-order valence-electron chi connectivity index (χ0n) is 19.3. The lowest BCUT2D eigenvalue weighted by atomic mass is 10.0. The third-order valence-electron chi connectivity index (χ3n) is 5.21. The Morgan fingerprint density at radius 3 is 2.36 bits per heavy atom. The van der Waals surface area contributed by atoms with Gasteiger partial charge in [0.15, 0.2) is 0 Å². The Hall–Kier alpha value is -4.66. The predicted molar refractivity (Wildman–Crippen MR) is 131 cm³/mol. The molecule has 0 bridgehead atoms. The first kappa shape index (κ1) is 24.5. The molecule has 4 aromatic rings. The number of halogens is 2. The van der Waals surface area contributed by atoms with Gasteiger partial charge in [0.25, 0.3) is 11.8 Å². The molecule has 2 amide bonds. The zero-order valence-corrected chi connectivity index (χ0v) is 19.3. The van der Waals surface area contributed by atoms with Crippen LogP contribution in [0.15, 0.2) is 91.4 Å². The summed E-state index contributed by atoms with van der Waals surface area (Å²) in [4.78, 5) is 36.5. The van der Waals surface area contributed by atoms with Gasteiger partial charge in [-0.15, -0.1) is 0 Å². The average molecular weight is 488 g/mol. The Kier molecular flexibility index (Phi) is 7.60. The molecule has 36 heavy (non-hydrogen) atoms. The van der Waals surface area contributed by atoms with Crippen LogP contribution in [-0.4, -0.2) is 28.4 Å². The van der Waals surface area contributed by atoms with Crippen LogP contribution in [0.3, 0.4) is 0 Å². The molecule has 0 fully saturated rings. The lowest BCUT2D eigenvalue weighted by Gasteiger charge is -2.31. The van der Waals surface area contributed by atoms with Gasteiger partial charge >= 0.3 is 0 Å². The van der Waals surface area contributed by atoms with Crippen molar-refractivity contribution in [2.45, 2.75) is 13.0 Å². The molecule has 1 atom stereocenters. The number of carbonyl (C=O) groups is 2. The van der Waals surface area contributed by atoms with E-state index in [0.29, 0.717) is 23.6 Å². The summed E-state index contributed by atoms with van der Waals surface area (Å²) in [5, 5.41) is 2.72. The quantitative estimate of drug-likeness (QED) is 0.370. The van der Waals surface area contributed by atoms with Gasteiger partial charge in [0.05, 0.1) is 12.8 Å². The number of benzene rings is 3. The first-order valence-electron chi connectivity index (χ1n) is 11.1. The van der Waals surface area contributed by atoms with E-state index in [1.165, 1.54) is 61.1 Å². The Labute approximate surface area is 206 Å². The van der Waals surface area contributed by atoms with E-state index < -0.39 is 29.5 Å². The summed E-state index contributed by atoms with van der Waals surface area (Å²) in [6.07, 6.45) is 4.03. The molecule has 7 nitrogen and oxygen atoms in total. The van der Waals surface area contributed by atoms with E-state index in [0.717, 1.165) is 11.0 Å². The Bertz CT molecular complexity index is 1330. The molecule has 0 saturated carbocycles. The number of nitrogens with one attached hydrogen (secondary N) is 1. The number of rotatable bonds is 8. The van der Waals surface area contributed by atoms with Gasteiger partial charge in [0.2, 0.25) is 0 Å². The zero-order chi connectivity index (χ0) is 25.5. The highest BCUT2D eigenvalue weighted by Gasteiger charge is 2.34. The van der Waals surface area contributed by atoms with E-state index >= 15 is 0 Å². The Balaban J connectivity index is 1.83. The van der Waals surface area contributed by atoms with Crippen LogP contribution in [0.2, 0.25) is 0 Å². The summed E-state index contributed by atoms with van der Waals surface area (Å²) in [5.74, 6) is -1.74. The molecule has 1 aromatic heterocycles. The summed E-state index contributed by atoms with van der Waals surface area (Å²) in [6.45, 7) is 2.30. The van der Waals surface area contributed by atoms with E-state index in [4.69, 9.17) is 4.74 Å². The van der Waals surface area contributed by atoms with Gasteiger partial charge in [-0.3, -0.25) is 19.5 Å². The normalized spacial score (nSPS) is 11.4. The molecule has 9 heteroatoms. The van der Waals surface area contributed by atoms with Crippen LogP contribution < -0.4 is 15.0 Å². The molecule has 0 spiro atoms. The fourth-order valence-electron chi connectivity index (χ4n) is 3.62. The molecular formula is C27H22F2N4O3. The molecule has 0 aliphatic heterocycles. The van der Waals surface area contributed by atoms with Crippen LogP contribution in [0.5, 0.6) is 5.75 Å². The van der Waals surface area contributed by atoms with Crippen LogP contribution in [-0.2, 0) is 4.79 Å². The van der Waals surface area contributed by atoms with Gasteiger partial charge in [-0.2, -0.15) is 0 Å². The lowest BCUT2D eigenvalue weighted by Crippen LogP contribution is -2.42. The maximum Gasteiger partial charge on any atom is 0.279 e. The Morgan fingerprint density at radius 1 is 0.972 bits per heavy atom. The number of ether oxygens (including phenoxy) is 1. The number of nitrogens with zero attached hydrogens (tertiary/aromatic N) is 3. The molecule has 0 radical (unpaired) electrons. The molecule has 1 heterocycles. The second-order valence-electron chi connectivity index (χ2n) is 7.65.